The molecule has 1 aromatic rings. The van der Waals surface area contributed by atoms with E-state index in [4.69, 9.17) is 20.7 Å². The molecule has 0 spiro atoms. The fraction of sp³-hybridized carbons (Fsp3) is 0. The quantitative estimate of drug-likeness (QED) is 0.800. The van der Waals surface area contributed by atoms with E-state index in [0.717, 1.165) is 12.2 Å². The molecular formula is C14H8N2O4. The van der Waals surface area contributed by atoms with Gasteiger partial charge in [0.25, 0.3) is 0 Å². The highest BCUT2D eigenvalue weighted by molar-refractivity contribution is 5.88. The molecule has 0 saturated heterocycles. The maximum absolute atomic E-state index is 10.5. The Bertz CT molecular complexity index is 642. The number of benzene rings is 1. The molecule has 0 aliphatic heterocycles. The number of rotatable bonds is 4. The van der Waals surface area contributed by atoms with Gasteiger partial charge in [0, 0.05) is 12.2 Å². The van der Waals surface area contributed by atoms with Gasteiger partial charge in [-0.15, -0.1) is 0 Å². The van der Waals surface area contributed by atoms with E-state index in [1.165, 1.54) is 24.3 Å². The summed E-state index contributed by atoms with van der Waals surface area (Å²) in [6, 6.07) is 6.53. The van der Waals surface area contributed by atoms with E-state index in [1.807, 2.05) is 12.1 Å². The molecule has 0 aliphatic carbocycles. The van der Waals surface area contributed by atoms with Crippen molar-refractivity contribution in [1.29, 1.82) is 10.5 Å². The summed E-state index contributed by atoms with van der Waals surface area (Å²) < 4.78 is 0. The summed E-state index contributed by atoms with van der Waals surface area (Å²) in [5, 5.41) is 35.3. The van der Waals surface area contributed by atoms with Crippen LogP contribution in [0.5, 0.6) is 0 Å². The lowest BCUT2D eigenvalue weighted by Gasteiger charge is -2.04. The second-order valence-corrected chi connectivity index (χ2v) is 3.56. The average Bonchev–Trinajstić information content (AvgIpc) is 2.41. The molecule has 2 N–H and O–H groups in total. The Hall–Kier alpha value is -3.38. The molecule has 6 heteroatoms. The minimum Gasteiger partial charge on any atom is -0.478 e. The van der Waals surface area contributed by atoms with Crippen LogP contribution in [0.2, 0.25) is 0 Å². The summed E-state index contributed by atoms with van der Waals surface area (Å²) in [5.41, 5.74) is 0.549. The predicted octanol–water partition coefficient (Wildman–Crippen LogP) is 1.63. The van der Waals surface area contributed by atoms with E-state index in [2.05, 4.69) is 0 Å². The van der Waals surface area contributed by atoms with Crippen LogP contribution in [0, 0.1) is 22.7 Å². The van der Waals surface area contributed by atoms with Gasteiger partial charge in [0.15, 0.2) is 0 Å². The standard InChI is InChI=1S/C14H8N2O4/c15-7-11-9(3-5-13(17)18)1-2-10(12(11)8-16)4-6-14(19)20/h1-6H,(H,17,18)(H,19,20). The molecule has 0 unspecified atom stereocenters. The summed E-state index contributed by atoms with van der Waals surface area (Å²) in [6.07, 6.45) is 4.10. The fourth-order valence-corrected chi connectivity index (χ4v) is 1.48. The van der Waals surface area contributed by atoms with Crippen molar-refractivity contribution < 1.29 is 19.8 Å². The Balaban J connectivity index is 3.43. The average molecular weight is 268 g/mol. The van der Waals surface area contributed by atoms with Gasteiger partial charge < -0.3 is 10.2 Å². The van der Waals surface area contributed by atoms with Crippen molar-refractivity contribution in [3.05, 3.63) is 46.5 Å². The molecule has 1 aromatic carbocycles. The van der Waals surface area contributed by atoms with Gasteiger partial charge in [-0.05, 0) is 23.3 Å². The molecule has 0 aliphatic rings. The van der Waals surface area contributed by atoms with Gasteiger partial charge in [0.2, 0.25) is 0 Å². The van der Waals surface area contributed by atoms with Crippen molar-refractivity contribution in [2.24, 2.45) is 0 Å². The lowest BCUT2D eigenvalue weighted by Crippen LogP contribution is -1.95. The highest BCUT2D eigenvalue weighted by Gasteiger charge is 2.10. The predicted molar refractivity (Wildman–Crippen MR) is 69.2 cm³/mol. The lowest BCUT2D eigenvalue weighted by atomic mass is 9.96. The zero-order valence-corrected chi connectivity index (χ0v) is 10.1. The number of nitriles is 2. The summed E-state index contributed by atoms with van der Waals surface area (Å²) in [6.45, 7) is 0. The van der Waals surface area contributed by atoms with Crippen molar-refractivity contribution >= 4 is 24.1 Å². The molecule has 1 rings (SSSR count). The first-order valence-corrected chi connectivity index (χ1v) is 5.28. The minimum absolute atomic E-state index is 0.00228. The van der Waals surface area contributed by atoms with Gasteiger partial charge in [-0.2, -0.15) is 10.5 Å². The Morgan fingerprint density at radius 2 is 1.25 bits per heavy atom. The van der Waals surface area contributed by atoms with Crippen LogP contribution in [0.4, 0.5) is 0 Å². The van der Waals surface area contributed by atoms with Crippen LogP contribution >= 0.6 is 0 Å². The Labute approximate surface area is 114 Å². The molecular weight excluding hydrogens is 260 g/mol. The molecule has 0 fully saturated rings. The van der Waals surface area contributed by atoms with E-state index in [1.54, 1.807) is 0 Å². The van der Waals surface area contributed by atoms with Crippen LogP contribution < -0.4 is 0 Å². The lowest BCUT2D eigenvalue weighted by molar-refractivity contribution is -0.132. The number of hydrogen-bond acceptors (Lipinski definition) is 4. The van der Waals surface area contributed by atoms with Crippen LogP contribution in [-0.4, -0.2) is 22.2 Å². The maximum atomic E-state index is 10.5. The summed E-state index contributed by atoms with van der Waals surface area (Å²) in [5.74, 6) is -2.36. The zero-order valence-electron chi connectivity index (χ0n) is 10.1. The first-order chi connectivity index (χ1) is 9.49. The molecule has 0 atom stereocenters. The number of carbonyl (C=O) groups is 2. The summed E-state index contributed by atoms with van der Waals surface area (Å²) >= 11 is 0. The van der Waals surface area contributed by atoms with E-state index < -0.39 is 11.9 Å². The fourth-order valence-electron chi connectivity index (χ4n) is 1.48. The van der Waals surface area contributed by atoms with Crippen molar-refractivity contribution in [1.82, 2.24) is 0 Å². The third kappa shape index (κ3) is 3.56. The van der Waals surface area contributed by atoms with Gasteiger partial charge in [0.1, 0.15) is 12.1 Å². The topological polar surface area (TPSA) is 122 Å². The Morgan fingerprint density at radius 3 is 1.50 bits per heavy atom. The van der Waals surface area contributed by atoms with E-state index in [-0.39, 0.29) is 22.3 Å². The maximum Gasteiger partial charge on any atom is 0.328 e. The van der Waals surface area contributed by atoms with Gasteiger partial charge in [0.05, 0.1) is 11.1 Å². The molecule has 98 valence electrons. The number of nitrogens with zero attached hydrogens (tertiary/aromatic N) is 2. The number of carboxylic acid groups (broad SMARTS) is 2. The summed E-state index contributed by atoms with van der Waals surface area (Å²) in [7, 11) is 0. The monoisotopic (exact) mass is 268 g/mol. The van der Waals surface area contributed by atoms with Crippen molar-refractivity contribution in [2.75, 3.05) is 0 Å². The van der Waals surface area contributed by atoms with E-state index in [0.29, 0.717) is 0 Å². The van der Waals surface area contributed by atoms with Gasteiger partial charge in [-0.25, -0.2) is 9.59 Å². The van der Waals surface area contributed by atoms with E-state index in [9.17, 15) is 9.59 Å². The van der Waals surface area contributed by atoms with Gasteiger partial charge in [-0.1, -0.05) is 12.1 Å². The largest absolute Gasteiger partial charge is 0.478 e. The molecule has 0 heterocycles. The second-order valence-electron chi connectivity index (χ2n) is 3.56. The van der Waals surface area contributed by atoms with Crippen LogP contribution in [0.25, 0.3) is 12.2 Å². The Morgan fingerprint density at radius 1 is 0.900 bits per heavy atom. The minimum atomic E-state index is -1.18. The number of carboxylic acids is 2. The third-order valence-corrected chi connectivity index (χ3v) is 2.30. The van der Waals surface area contributed by atoms with Crippen LogP contribution in [0.3, 0.4) is 0 Å². The van der Waals surface area contributed by atoms with Crippen LogP contribution in [0.1, 0.15) is 22.3 Å². The molecule has 0 bridgehead atoms. The molecule has 0 saturated carbocycles. The highest BCUT2D eigenvalue weighted by Crippen LogP contribution is 2.20. The first kappa shape index (κ1) is 14.7. The van der Waals surface area contributed by atoms with Crippen molar-refractivity contribution in [3.8, 4) is 12.1 Å². The van der Waals surface area contributed by atoms with E-state index >= 15 is 0 Å². The van der Waals surface area contributed by atoms with Gasteiger partial charge in [-0.3, -0.25) is 0 Å². The highest BCUT2D eigenvalue weighted by atomic mass is 16.4. The molecule has 0 radical (unpaired) electrons. The van der Waals surface area contributed by atoms with Crippen LogP contribution in [-0.2, 0) is 9.59 Å². The molecule has 20 heavy (non-hydrogen) atoms. The SMILES string of the molecule is N#Cc1c(C=CC(=O)O)ccc(C=CC(=O)O)c1C#N. The smallest absolute Gasteiger partial charge is 0.328 e. The molecule has 0 aromatic heterocycles. The van der Waals surface area contributed by atoms with Crippen molar-refractivity contribution in [3.63, 3.8) is 0 Å². The molecule has 6 nitrogen and oxygen atoms in total. The second kappa shape index (κ2) is 6.53. The van der Waals surface area contributed by atoms with Gasteiger partial charge >= 0.3 is 11.9 Å². The first-order valence-electron chi connectivity index (χ1n) is 5.28. The summed E-state index contributed by atoms with van der Waals surface area (Å²) in [4.78, 5) is 20.9. The normalized spacial score (nSPS) is 10.3. The molecule has 0 amide bonds. The van der Waals surface area contributed by atoms with Crippen molar-refractivity contribution in [2.45, 2.75) is 0 Å². The van der Waals surface area contributed by atoms with Crippen LogP contribution in [0.15, 0.2) is 24.3 Å². The third-order valence-electron chi connectivity index (χ3n) is 2.30. The Kier molecular flexibility index (Phi) is 4.79. The number of hydrogen-bond donors (Lipinski definition) is 2. The zero-order chi connectivity index (χ0) is 15.1. The number of aliphatic carboxylic acids is 2.